The average Bonchev–Trinajstić information content (AvgIpc) is 2.83. The number of rotatable bonds is 1. The fourth-order valence-electron chi connectivity index (χ4n) is 1.71. The van der Waals surface area contributed by atoms with E-state index in [0.29, 0.717) is 0 Å². The van der Waals surface area contributed by atoms with Crippen molar-refractivity contribution in [2.24, 2.45) is 0 Å². The molecule has 1 unspecified atom stereocenters. The third kappa shape index (κ3) is 1.35. The van der Waals surface area contributed by atoms with E-state index in [0.717, 1.165) is 16.5 Å². The molecule has 0 radical (unpaired) electrons. The number of hydrogen-bond acceptors (Lipinski definition) is 4. The van der Waals surface area contributed by atoms with E-state index in [1.807, 2.05) is 23.6 Å². The maximum Gasteiger partial charge on any atom is 0.322 e. The van der Waals surface area contributed by atoms with Gasteiger partial charge >= 0.3 is 6.03 Å². The van der Waals surface area contributed by atoms with Crippen LogP contribution in [0.1, 0.15) is 11.6 Å². The van der Waals surface area contributed by atoms with Crippen LogP contribution in [0.5, 0.6) is 0 Å². The predicted molar refractivity (Wildman–Crippen MR) is 59.0 cm³/mol. The van der Waals surface area contributed by atoms with E-state index in [-0.39, 0.29) is 5.91 Å². The number of urea groups is 1. The summed E-state index contributed by atoms with van der Waals surface area (Å²) in [6.07, 6.45) is 0. The van der Waals surface area contributed by atoms with Crippen LogP contribution in [0, 0.1) is 0 Å². The van der Waals surface area contributed by atoms with E-state index in [1.54, 1.807) is 0 Å². The molecule has 2 heterocycles. The zero-order valence-electron chi connectivity index (χ0n) is 8.06. The minimum absolute atomic E-state index is 0.320. The molecule has 0 bridgehead atoms. The molecule has 80 valence electrons. The highest BCUT2D eigenvalue weighted by Gasteiger charge is 2.30. The highest BCUT2D eigenvalue weighted by atomic mass is 32.1. The molecule has 0 spiro atoms. The number of carbonyl (C=O) groups is 2. The van der Waals surface area contributed by atoms with Gasteiger partial charge in [0.1, 0.15) is 6.04 Å². The van der Waals surface area contributed by atoms with Gasteiger partial charge in [0.25, 0.3) is 5.91 Å². The zero-order chi connectivity index (χ0) is 11.1. The Labute approximate surface area is 94.6 Å². The maximum absolute atomic E-state index is 11.4. The van der Waals surface area contributed by atoms with Crippen LogP contribution in [0.3, 0.4) is 0 Å². The number of carbonyl (C=O) groups excluding carboxylic acids is 2. The van der Waals surface area contributed by atoms with Gasteiger partial charge in [-0.2, -0.15) is 4.37 Å². The molecule has 1 saturated heterocycles. The molecule has 1 aromatic heterocycles. The summed E-state index contributed by atoms with van der Waals surface area (Å²) in [5.74, 6) is -0.320. The number of fused-ring (bicyclic) bond motifs is 1. The van der Waals surface area contributed by atoms with Crippen molar-refractivity contribution >= 4 is 34.4 Å². The lowest BCUT2D eigenvalue weighted by atomic mass is 10.1. The predicted octanol–water partition coefficient (Wildman–Crippen LogP) is 1.18. The third-order valence-electron chi connectivity index (χ3n) is 2.49. The topological polar surface area (TPSA) is 71.1 Å². The second-order valence-corrected chi connectivity index (χ2v) is 4.16. The number of hydrogen-bond donors (Lipinski definition) is 2. The van der Waals surface area contributed by atoms with Gasteiger partial charge in [-0.3, -0.25) is 10.1 Å². The van der Waals surface area contributed by atoms with Crippen LogP contribution < -0.4 is 10.6 Å². The highest BCUT2D eigenvalue weighted by molar-refractivity contribution is 7.04. The van der Waals surface area contributed by atoms with Gasteiger partial charge in [0.05, 0.1) is 5.52 Å². The Morgan fingerprint density at radius 3 is 2.94 bits per heavy atom. The standard InChI is InChI=1S/C10H7N3O2S/c14-9-8(11-10(15)12-9)5-1-2-6-4-16-13-7(6)3-5/h1-4,8H,(H2,11,12,14,15). The number of imide groups is 1. The van der Waals surface area contributed by atoms with E-state index < -0.39 is 12.1 Å². The number of benzene rings is 1. The molecule has 0 aliphatic carbocycles. The molecular weight excluding hydrogens is 226 g/mol. The maximum atomic E-state index is 11.4. The first-order chi connectivity index (χ1) is 7.74. The van der Waals surface area contributed by atoms with E-state index in [9.17, 15) is 9.59 Å². The van der Waals surface area contributed by atoms with Gasteiger partial charge in [-0.1, -0.05) is 12.1 Å². The van der Waals surface area contributed by atoms with Crippen molar-refractivity contribution < 1.29 is 9.59 Å². The summed E-state index contributed by atoms with van der Waals surface area (Å²) in [5, 5.41) is 7.73. The van der Waals surface area contributed by atoms with Crippen molar-refractivity contribution in [1.29, 1.82) is 0 Å². The Kier molecular flexibility index (Phi) is 1.90. The van der Waals surface area contributed by atoms with E-state index in [1.165, 1.54) is 11.5 Å². The van der Waals surface area contributed by atoms with Crippen molar-refractivity contribution in [3.63, 3.8) is 0 Å². The van der Waals surface area contributed by atoms with Crippen LogP contribution in [-0.2, 0) is 4.79 Å². The first-order valence-electron chi connectivity index (χ1n) is 4.69. The van der Waals surface area contributed by atoms with Gasteiger partial charge in [0, 0.05) is 10.8 Å². The van der Waals surface area contributed by atoms with Crippen LogP contribution in [0.25, 0.3) is 10.9 Å². The summed E-state index contributed by atoms with van der Waals surface area (Å²) in [4.78, 5) is 22.4. The smallest absolute Gasteiger partial charge is 0.322 e. The minimum atomic E-state index is -0.599. The first kappa shape index (κ1) is 9.29. The monoisotopic (exact) mass is 233 g/mol. The lowest BCUT2D eigenvalue weighted by molar-refractivity contribution is -0.120. The van der Waals surface area contributed by atoms with Gasteiger partial charge in [0.2, 0.25) is 0 Å². The van der Waals surface area contributed by atoms with E-state index in [2.05, 4.69) is 15.0 Å². The Hall–Kier alpha value is -1.95. The van der Waals surface area contributed by atoms with E-state index in [4.69, 9.17) is 0 Å². The minimum Gasteiger partial charge on any atom is -0.322 e. The lowest BCUT2D eigenvalue weighted by Gasteiger charge is -2.06. The van der Waals surface area contributed by atoms with Crippen molar-refractivity contribution in [3.8, 4) is 0 Å². The number of aromatic nitrogens is 1. The summed E-state index contributed by atoms with van der Waals surface area (Å²) >= 11 is 1.37. The van der Waals surface area contributed by atoms with Gasteiger partial charge < -0.3 is 5.32 Å². The quantitative estimate of drug-likeness (QED) is 0.726. The molecule has 1 aromatic carbocycles. The van der Waals surface area contributed by atoms with Crippen molar-refractivity contribution in [1.82, 2.24) is 15.0 Å². The van der Waals surface area contributed by atoms with Gasteiger partial charge in [-0.25, -0.2) is 4.79 Å². The molecule has 5 nitrogen and oxygen atoms in total. The van der Waals surface area contributed by atoms with Crippen molar-refractivity contribution in [2.75, 3.05) is 0 Å². The third-order valence-corrected chi connectivity index (χ3v) is 3.15. The number of amides is 3. The van der Waals surface area contributed by atoms with Crippen molar-refractivity contribution in [3.05, 3.63) is 29.1 Å². The average molecular weight is 233 g/mol. The van der Waals surface area contributed by atoms with E-state index >= 15 is 0 Å². The summed E-state index contributed by atoms with van der Waals surface area (Å²) in [6.45, 7) is 0. The van der Waals surface area contributed by atoms with Crippen LogP contribution in [0.4, 0.5) is 4.79 Å². The first-order valence-corrected chi connectivity index (χ1v) is 5.53. The molecule has 3 rings (SSSR count). The van der Waals surface area contributed by atoms with Crippen LogP contribution in [0.15, 0.2) is 23.6 Å². The summed E-state index contributed by atoms with van der Waals surface area (Å²) < 4.78 is 4.19. The molecule has 3 amide bonds. The molecule has 1 aliphatic heterocycles. The van der Waals surface area contributed by atoms with Crippen molar-refractivity contribution in [2.45, 2.75) is 6.04 Å². The summed E-state index contributed by atoms with van der Waals surface area (Å²) in [6, 6.07) is 4.49. The van der Waals surface area contributed by atoms with Gasteiger partial charge in [0.15, 0.2) is 0 Å². The Bertz CT molecular complexity index is 593. The lowest BCUT2D eigenvalue weighted by Crippen LogP contribution is -2.22. The molecule has 1 atom stereocenters. The Morgan fingerprint density at radius 1 is 1.31 bits per heavy atom. The largest absolute Gasteiger partial charge is 0.322 e. The molecule has 16 heavy (non-hydrogen) atoms. The molecule has 6 heteroatoms. The normalized spacial score (nSPS) is 19.9. The SMILES string of the molecule is O=C1NC(=O)C(c2ccc3csnc3c2)N1. The molecule has 2 N–H and O–H groups in total. The highest BCUT2D eigenvalue weighted by Crippen LogP contribution is 2.22. The molecular formula is C10H7N3O2S. The van der Waals surface area contributed by atoms with Gasteiger partial charge in [-0.05, 0) is 23.2 Å². The van der Waals surface area contributed by atoms with Crippen LogP contribution >= 0.6 is 11.5 Å². The van der Waals surface area contributed by atoms with Gasteiger partial charge in [-0.15, -0.1) is 0 Å². The zero-order valence-corrected chi connectivity index (χ0v) is 8.88. The molecule has 0 saturated carbocycles. The fourth-order valence-corrected chi connectivity index (χ4v) is 2.35. The molecule has 1 aliphatic rings. The molecule has 2 aromatic rings. The number of nitrogens with one attached hydrogen (secondary N) is 2. The Morgan fingerprint density at radius 2 is 2.19 bits per heavy atom. The molecule has 1 fully saturated rings. The second-order valence-electron chi connectivity index (χ2n) is 3.53. The fraction of sp³-hybridized carbons (Fsp3) is 0.100. The second kappa shape index (κ2) is 3.28. The summed E-state index contributed by atoms with van der Waals surface area (Å²) in [7, 11) is 0. The van der Waals surface area contributed by atoms with Crippen LogP contribution in [-0.4, -0.2) is 16.3 Å². The van der Waals surface area contributed by atoms with Crippen LogP contribution in [0.2, 0.25) is 0 Å². The Balaban J connectivity index is 2.05. The number of nitrogens with zero attached hydrogens (tertiary/aromatic N) is 1. The summed E-state index contributed by atoms with van der Waals surface area (Å²) in [5.41, 5.74) is 1.60.